The van der Waals surface area contributed by atoms with Gasteiger partial charge in [0.1, 0.15) is 5.71 Å². The SMILES string of the molecule is Cc1sc(C2=NOC(c3cc(Cl)c(Cl)c(Cl)c3)(C(F)(F)F)C2)cc1C(N)=O. The summed E-state index contributed by atoms with van der Waals surface area (Å²) in [6.45, 7) is 1.64. The third-order valence-corrected chi connectivity index (χ3v) is 6.40. The highest BCUT2D eigenvalue weighted by atomic mass is 35.5. The molecule has 144 valence electrons. The zero-order valence-corrected chi connectivity index (χ0v) is 16.5. The lowest BCUT2D eigenvalue weighted by molar-refractivity contribution is -0.275. The van der Waals surface area contributed by atoms with Crippen LogP contribution in [0.1, 0.15) is 32.1 Å². The first-order valence-electron chi connectivity index (χ1n) is 7.33. The summed E-state index contributed by atoms with van der Waals surface area (Å²) in [7, 11) is 0. The van der Waals surface area contributed by atoms with Crippen molar-refractivity contribution in [3.63, 3.8) is 0 Å². The van der Waals surface area contributed by atoms with Gasteiger partial charge in [-0.05, 0) is 25.1 Å². The number of primary amides is 1. The fraction of sp³-hybridized carbons (Fsp3) is 0.250. The van der Waals surface area contributed by atoms with Gasteiger partial charge in [-0.25, -0.2) is 0 Å². The van der Waals surface area contributed by atoms with Gasteiger partial charge in [-0.2, -0.15) is 13.2 Å². The molecule has 0 aliphatic carbocycles. The van der Waals surface area contributed by atoms with Gasteiger partial charge in [0.25, 0.3) is 5.60 Å². The number of thiophene rings is 1. The Morgan fingerprint density at radius 2 is 1.85 bits per heavy atom. The van der Waals surface area contributed by atoms with Crippen LogP contribution in [-0.4, -0.2) is 17.8 Å². The number of hydrogen-bond acceptors (Lipinski definition) is 4. The summed E-state index contributed by atoms with van der Waals surface area (Å²) in [6, 6.07) is 3.51. The Bertz CT molecular complexity index is 951. The Morgan fingerprint density at radius 1 is 1.26 bits per heavy atom. The van der Waals surface area contributed by atoms with Crippen LogP contribution in [-0.2, 0) is 10.4 Å². The van der Waals surface area contributed by atoms with Crippen LogP contribution in [0.15, 0.2) is 23.4 Å². The number of carbonyl (C=O) groups is 1. The Labute approximate surface area is 170 Å². The van der Waals surface area contributed by atoms with Crippen LogP contribution in [0.4, 0.5) is 13.2 Å². The Morgan fingerprint density at radius 3 is 2.33 bits per heavy atom. The lowest BCUT2D eigenvalue weighted by atomic mass is 9.88. The van der Waals surface area contributed by atoms with Crippen LogP contribution in [0.5, 0.6) is 0 Å². The fourth-order valence-corrected chi connectivity index (χ4v) is 4.29. The van der Waals surface area contributed by atoms with E-state index in [0.717, 1.165) is 23.5 Å². The van der Waals surface area contributed by atoms with Gasteiger partial charge in [0.15, 0.2) is 0 Å². The van der Waals surface area contributed by atoms with Gasteiger partial charge in [0.05, 0.1) is 31.9 Å². The molecule has 4 nitrogen and oxygen atoms in total. The molecule has 0 fully saturated rings. The minimum Gasteiger partial charge on any atom is -0.374 e. The van der Waals surface area contributed by atoms with E-state index >= 15 is 0 Å². The van der Waals surface area contributed by atoms with E-state index in [0.29, 0.717) is 9.75 Å². The molecule has 3 rings (SSSR count). The summed E-state index contributed by atoms with van der Waals surface area (Å²) in [4.78, 5) is 17.2. The molecule has 2 aromatic rings. The van der Waals surface area contributed by atoms with Crippen LogP contribution < -0.4 is 5.73 Å². The van der Waals surface area contributed by atoms with Crippen LogP contribution in [0.3, 0.4) is 0 Å². The molecule has 1 amide bonds. The first kappa shape index (κ1) is 20.3. The maximum Gasteiger partial charge on any atom is 0.435 e. The lowest BCUT2D eigenvalue weighted by Gasteiger charge is -2.29. The number of aryl methyl sites for hydroxylation is 1. The zero-order chi connectivity index (χ0) is 20.1. The highest BCUT2D eigenvalue weighted by molar-refractivity contribution is 7.14. The largest absolute Gasteiger partial charge is 0.435 e. The number of hydrogen-bond donors (Lipinski definition) is 1. The van der Waals surface area contributed by atoms with Crippen molar-refractivity contribution in [2.75, 3.05) is 0 Å². The minimum atomic E-state index is -4.82. The molecule has 0 radical (unpaired) electrons. The normalized spacial score (nSPS) is 19.7. The van der Waals surface area contributed by atoms with Crippen molar-refractivity contribution in [2.45, 2.75) is 25.1 Å². The van der Waals surface area contributed by atoms with Crippen molar-refractivity contribution in [3.8, 4) is 0 Å². The van der Waals surface area contributed by atoms with Crippen molar-refractivity contribution < 1.29 is 22.8 Å². The molecule has 0 saturated heterocycles. The highest BCUT2D eigenvalue weighted by Crippen LogP contribution is 2.51. The van der Waals surface area contributed by atoms with E-state index in [1.807, 2.05) is 0 Å². The Kier molecular flexibility index (Phi) is 5.14. The zero-order valence-electron chi connectivity index (χ0n) is 13.5. The second-order valence-corrected chi connectivity index (χ2v) is 8.28. The van der Waals surface area contributed by atoms with E-state index in [1.165, 1.54) is 6.07 Å². The maximum absolute atomic E-state index is 14.0. The van der Waals surface area contributed by atoms with E-state index in [4.69, 9.17) is 45.4 Å². The van der Waals surface area contributed by atoms with E-state index in [9.17, 15) is 18.0 Å². The highest BCUT2D eigenvalue weighted by Gasteiger charge is 2.62. The van der Waals surface area contributed by atoms with Gasteiger partial charge in [-0.1, -0.05) is 40.0 Å². The third kappa shape index (κ3) is 3.40. The maximum atomic E-state index is 14.0. The fourth-order valence-electron chi connectivity index (χ4n) is 2.69. The molecular weight excluding hydrogens is 448 g/mol. The molecule has 1 unspecified atom stereocenters. The number of nitrogens with zero attached hydrogens (tertiary/aromatic N) is 1. The van der Waals surface area contributed by atoms with Gasteiger partial charge >= 0.3 is 6.18 Å². The molecule has 1 aromatic carbocycles. The second kappa shape index (κ2) is 6.84. The van der Waals surface area contributed by atoms with E-state index in [-0.39, 0.29) is 31.9 Å². The van der Waals surface area contributed by atoms with Crippen molar-refractivity contribution in [1.29, 1.82) is 0 Å². The van der Waals surface area contributed by atoms with Gasteiger partial charge in [0, 0.05) is 10.4 Å². The molecule has 1 aliphatic heterocycles. The van der Waals surface area contributed by atoms with E-state index in [2.05, 4.69) is 5.16 Å². The summed E-state index contributed by atoms with van der Waals surface area (Å²) in [6.07, 6.45) is -5.44. The standard InChI is InChI=1S/C16H10Cl3F3N2O2S/c1-6-8(14(23)25)4-12(27-6)11-5-15(26-24-11,16(20,21)22)7-2-9(17)13(19)10(18)3-7/h2-4H,5H2,1H3,(H2,23,25). The average Bonchev–Trinajstić information content (AvgIpc) is 3.16. The molecule has 27 heavy (non-hydrogen) atoms. The summed E-state index contributed by atoms with van der Waals surface area (Å²) < 4.78 is 41.9. The third-order valence-electron chi connectivity index (χ3n) is 4.10. The Hall–Kier alpha value is -1.48. The number of halogens is 6. The number of nitrogens with two attached hydrogens (primary N) is 1. The van der Waals surface area contributed by atoms with Crippen molar-refractivity contribution >= 4 is 57.8 Å². The van der Waals surface area contributed by atoms with Crippen molar-refractivity contribution in [2.24, 2.45) is 10.9 Å². The monoisotopic (exact) mass is 456 g/mol. The summed E-state index contributed by atoms with van der Waals surface area (Å²) >= 11 is 18.7. The number of benzene rings is 1. The molecule has 11 heteroatoms. The quantitative estimate of drug-likeness (QED) is 0.601. The first-order chi connectivity index (χ1) is 12.5. The molecule has 0 spiro atoms. The number of rotatable bonds is 3. The Balaban J connectivity index is 2.06. The number of amides is 1. The average molecular weight is 458 g/mol. The smallest absolute Gasteiger partial charge is 0.374 e. The summed E-state index contributed by atoms with van der Waals surface area (Å²) in [5.41, 5.74) is 2.43. The van der Waals surface area contributed by atoms with Crippen LogP contribution in [0.25, 0.3) is 0 Å². The molecule has 2 N–H and O–H groups in total. The van der Waals surface area contributed by atoms with Gasteiger partial charge in [-0.3, -0.25) is 4.79 Å². The van der Waals surface area contributed by atoms with Gasteiger partial charge < -0.3 is 10.6 Å². The van der Waals surface area contributed by atoms with Crippen LogP contribution in [0.2, 0.25) is 15.1 Å². The summed E-state index contributed by atoms with van der Waals surface area (Å²) in [5, 5.41) is 3.30. The molecular formula is C16H10Cl3F3N2O2S. The predicted molar refractivity (Wildman–Crippen MR) is 99.0 cm³/mol. The first-order valence-corrected chi connectivity index (χ1v) is 9.28. The molecule has 0 bridgehead atoms. The molecule has 0 saturated carbocycles. The predicted octanol–water partition coefficient (Wildman–Crippen LogP) is 5.70. The molecule has 2 heterocycles. The number of carbonyl (C=O) groups excluding carboxylic acids is 1. The van der Waals surface area contributed by atoms with Gasteiger partial charge in [-0.15, -0.1) is 11.3 Å². The van der Waals surface area contributed by atoms with Crippen LogP contribution >= 0.6 is 46.1 Å². The van der Waals surface area contributed by atoms with E-state index in [1.54, 1.807) is 6.92 Å². The van der Waals surface area contributed by atoms with Gasteiger partial charge in [0.2, 0.25) is 5.91 Å². The number of oxime groups is 1. The van der Waals surface area contributed by atoms with Crippen molar-refractivity contribution in [1.82, 2.24) is 0 Å². The minimum absolute atomic E-state index is 0.0371. The molecule has 1 atom stereocenters. The van der Waals surface area contributed by atoms with E-state index < -0.39 is 24.1 Å². The lowest BCUT2D eigenvalue weighted by Crippen LogP contribution is -2.42. The molecule has 1 aliphatic rings. The number of alkyl halides is 3. The summed E-state index contributed by atoms with van der Waals surface area (Å²) in [5.74, 6) is -0.673. The van der Waals surface area contributed by atoms with Crippen molar-refractivity contribution in [3.05, 3.63) is 54.1 Å². The second-order valence-electron chi connectivity index (χ2n) is 5.83. The topological polar surface area (TPSA) is 64.7 Å². The molecule has 1 aromatic heterocycles. The van der Waals surface area contributed by atoms with Crippen LogP contribution in [0, 0.1) is 6.92 Å².